The largest absolute Gasteiger partial charge is 0.347 e. The van der Waals surface area contributed by atoms with E-state index >= 15 is 0 Å². The second-order valence-electron chi connectivity index (χ2n) is 3.97. The van der Waals surface area contributed by atoms with E-state index in [2.05, 4.69) is 15.3 Å². The van der Waals surface area contributed by atoms with Gasteiger partial charge in [-0.15, -0.1) is 0 Å². The molecule has 0 unspecified atom stereocenters. The number of amides is 1. The Morgan fingerprint density at radius 3 is 2.95 bits per heavy atom. The Morgan fingerprint density at radius 2 is 2.32 bits per heavy atom. The highest BCUT2D eigenvalue weighted by molar-refractivity contribution is 5.96. The number of hydrogen-bond acceptors (Lipinski definition) is 4. The molecule has 1 heterocycles. The first-order valence-corrected chi connectivity index (χ1v) is 5.59. The average molecular weight is 260 g/mol. The molecule has 19 heavy (non-hydrogen) atoms. The number of nitro benzene ring substituents is 1. The van der Waals surface area contributed by atoms with Crippen LogP contribution in [0.4, 0.5) is 5.69 Å². The summed E-state index contributed by atoms with van der Waals surface area (Å²) in [5.74, 6) is -0.351. The number of hydrogen-bond donors (Lipinski definition) is 2. The van der Waals surface area contributed by atoms with Gasteiger partial charge in [-0.3, -0.25) is 14.9 Å². The van der Waals surface area contributed by atoms with Crippen molar-refractivity contribution in [2.45, 2.75) is 13.5 Å². The van der Waals surface area contributed by atoms with Crippen molar-refractivity contribution in [1.29, 1.82) is 0 Å². The van der Waals surface area contributed by atoms with Crippen molar-refractivity contribution in [2.75, 3.05) is 0 Å². The number of carbonyl (C=O) groups is 1. The molecule has 2 rings (SSSR count). The van der Waals surface area contributed by atoms with Gasteiger partial charge in [0.2, 0.25) is 0 Å². The summed E-state index contributed by atoms with van der Waals surface area (Å²) in [6, 6.07) is 4.43. The van der Waals surface area contributed by atoms with Crippen LogP contribution in [0.1, 0.15) is 21.6 Å². The molecular weight excluding hydrogens is 248 g/mol. The predicted molar refractivity (Wildman–Crippen MR) is 67.6 cm³/mol. The SMILES string of the molecule is Cc1c(C(=O)NCc2cnc[nH]2)cccc1[N+](=O)[O-]. The van der Waals surface area contributed by atoms with E-state index in [0.29, 0.717) is 17.7 Å². The molecule has 0 aliphatic heterocycles. The molecular formula is C12H12N4O3. The van der Waals surface area contributed by atoms with Crippen LogP contribution >= 0.6 is 0 Å². The van der Waals surface area contributed by atoms with E-state index in [4.69, 9.17) is 0 Å². The Kier molecular flexibility index (Phi) is 3.56. The van der Waals surface area contributed by atoms with Gasteiger partial charge in [0.15, 0.2) is 0 Å². The zero-order valence-electron chi connectivity index (χ0n) is 10.2. The molecule has 0 saturated carbocycles. The molecule has 7 nitrogen and oxygen atoms in total. The van der Waals surface area contributed by atoms with Crippen molar-refractivity contribution in [3.63, 3.8) is 0 Å². The molecule has 0 aliphatic carbocycles. The van der Waals surface area contributed by atoms with Gasteiger partial charge in [-0.1, -0.05) is 6.07 Å². The van der Waals surface area contributed by atoms with Crippen LogP contribution in [0, 0.1) is 17.0 Å². The molecule has 98 valence electrons. The summed E-state index contributed by atoms with van der Waals surface area (Å²) in [5, 5.41) is 13.5. The van der Waals surface area contributed by atoms with Crippen LogP contribution < -0.4 is 5.32 Å². The minimum absolute atomic E-state index is 0.0609. The first kappa shape index (κ1) is 12.7. The lowest BCUT2D eigenvalue weighted by Crippen LogP contribution is -2.24. The predicted octanol–water partition coefficient (Wildman–Crippen LogP) is 1.56. The van der Waals surface area contributed by atoms with Crippen LogP contribution in [0.3, 0.4) is 0 Å². The number of nitrogens with one attached hydrogen (secondary N) is 2. The van der Waals surface area contributed by atoms with Gasteiger partial charge >= 0.3 is 0 Å². The van der Waals surface area contributed by atoms with Crippen LogP contribution in [-0.2, 0) is 6.54 Å². The first-order valence-electron chi connectivity index (χ1n) is 5.59. The molecule has 0 atom stereocenters. The monoisotopic (exact) mass is 260 g/mol. The van der Waals surface area contributed by atoms with Crippen LogP contribution in [-0.4, -0.2) is 20.8 Å². The zero-order chi connectivity index (χ0) is 13.8. The molecule has 0 spiro atoms. The average Bonchev–Trinajstić information content (AvgIpc) is 2.89. The van der Waals surface area contributed by atoms with Gasteiger partial charge in [-0.2, -0.15) is 0 Å². The quantitative estimate of drug-likeness (QED) is 0.643. The number of nitro groups is 1. The molecule has 0 saturated heterocycles. The molecule has 0 radical (unpaired) electrons. The number of aromatic amines is 1. The Balaban J connectivity index is 2.15. The van der Waals surface area contributed by atoms with E-state index in [-0.39, 0.29) is 11.6 Å². The third kappa shape index (κ3) is 2.76. The molecule has 0 fully saturated rings. The molecule has 2 aromatic rings. The summed E-state index contributed by atoms with van der Waals surface area (Å²) in [6.07, 6.45) is 3.11. The highest BCUT2D eigenvalue weighted by Gasteiger charge is 2.17. The Hall–Kier alpha value is -2.70. The van der Waals surface area contributed by atoms with Crippen LogP contribution in [0.2, 0.25) is 0 Å². The lowest BCUT2D eigenvalue weighted by molar-refractivity contribution is -0.385. The lowest BCUT2D eigenvalue weighted by Gasteiger charge is -2.06. The number of nitrogens with zero attached hydrogens (tertiary/aromatic N) is 2. The van der Waals surface area contributed by atoms with Crippen molar-refractivity contribution in [2.24, 2.45) is 0 Å². The lowest BCUT2D eigenvalue weighted by atomic mass is 10.1. The van der Waals surface area contributed by atoms with E-state index in [9.17, 15) is 14.9 Å². The summed E-state index contributed by atoms with van der Waals surface area (Å²) in [5.41, 5.74) is 1.36. The van der Waals surface area contributed by atoms with Gasteiger partial charge in [0.05, 0.1) is 23.5 Å². The minimum Gasteiger partial charge on any atom is -0.347 e. The first-order chi connectivity index (χ1) is 9.09. The second-order valence-corrected chi connectivity index (χ2v) is 3.97. The Labute approximate surface area is 108 Å². The third-order valence-corrected chi connectivity index (χ3v) is 2.74. The van der Waals surface area contributed by atoms with E-state index in [1.807, 2.05) is 0 Å². The van der Waals surface area contributed by atoms with E-state index in [1.165, 1.54) is 18.5 Å². The maximum Gasteiger partial charge on any atom is 0.273 e. The van der Waals surface area contributed by atoms with Crippen LogP contribution in [0.25, 0.3) is 0 Å². The fourth-order valence-electron chi connectivity index (χ4n) is 1.72. The fourth-order valence-corrected chi connectivity index (χ4v) is 1.72. The highest BCUT2D eigenvalue weighted by atomic mass is 16.6. The van der Waals surface area contributed by atoms with Crippen molar-refractivity contribution < 1.29 is 9.72 Å². The third-order valence-electron chi connectivity index (χ3n) is 2.74. The van der Waals surface area contributed by atoms with Gasteiger partial charge in [0, 0.05) is 23.4 Å². The van der Waals surface area contributed by atoms with Gasteiger partial charge in [-0.05, 0) is 13.0 Å². The number of carbonyl (C=O) groups excluding carboxylic acids is 1. The van der Waals surface area contributed by atoms with Crippen molar-refractivity contribution >= 4 is 11.6 Å². The van der Waals surface area contributed by atoms with E-state index in [1.54, 1.807) is 19.2 Å². The smallest absolute Gasteiger partial charge is 0.273 e. The number of aromatic nitrogens is 2. The topological polar surface area (TPSA) is 101 Å². The molecule has 1 aromatic heterocycles. The van der Waals surface area contributed by atoms with Gasteiger partial charge in [-0.25, -0.2) is 4.98 Å². The highest BCUT2D eigenvalue weighted by Crippen LogP contribution is 2.20. The zero-order valence-corrected chi connectivity index (χ0v) is 10.2. The number of imidazole rings is 1. The normalized spacial score (nSPS) is 10.2. The molecule has 1 aromatic carbocycles. The Morgan fingerprint density at radius 1 is 1.53 bits per heavy atom. The van der Waals surface area contributed by atoms with Gasteiger partial charge in [0.1, 0.15) is 0 Å². The van der Waals surface area contributed by atoms with Gasteiger partial charge < -0.3 is 10.3 Å². The molecule has 0 aliphatic rings. The van der Waals surface area contributed by atoms with Crippen molar-refractivity contribution in [3.8, 4) is 0 Å². The van der Waals surface area contributed by atoms with Crippen molar-refractivity contribution in [3.05, 3.63) is 57.7 Å². The summed E-state index contributed by atoms with van der Waals surface area (Å²) in [4.78, 5) is 29.0. The minimum atomic E-state index is -0.499. The summed E-state index contributed by atoms with van der Waals surface area (Å²) < 4.78 is 0. The van der Waals surface area contributed by atoms with Crippen LogP contribution in [0.5, 0.6) is 0 Å². The molecule has 2 N–H and O–H groups in total. The molecule has 0 bridgehead atoms. The summed E-state index contributed by atoms with van der Waals surface area (Å²) >= 11 is 0. The van der Waals surface area contributed by atoms with Gasteiger partial charge in [0.25, 0.3) is 11.6 Å². The molecule has 1 amide bonds. The number of benzene rings is 1. The number of H-pyrrole nitrogens is 1. The number of rotatable bonds is 4. The maximum atomic E-state index is 12.0. The summed E-state index contributed by atoms with van der Waals surface area (Å²) in [7, 11) is 0. The summed E-state index contributed by atoms with van der Waals surface area (Å²) in [6.45, 7) is 1.85. The molecule has 7 heteroatoms. The second kappa shape index (κ2) is 5.30. The standard InChI is InChI=1S/C12H12N4O3/c1-8-10(3-2-4-11(8)16(18)19)12(17)14-6-9-5-13-7-15-9/h2-5,7H,6H2,1H3,(H,13,15)(H,14,17). The van der Waals surface area contributed by atoms with E-state index in [0.717, 1.165) is 5.69 Å². The maximum absolute atomic E-state index is 12.0. The fraction of sp³-hybridized carbons (Fsp3) is 0.167. The van der Waals surface area contributed by atoms with Crippen LogP contribution in [0.15, 0.2) is 30.7 Å². The Bertz CT molecular complexity index is 607. The van der Waals surface area contributed by atoms with Crippen molar-refractivity contribution in [1.82, 2.24) is 15.3 Å². The van der Waals surface area contributed by atoms with E-state index < -0.39 is 4.92 Å².